The van der Waals surface area contributed by atoms with Gasteiger partial charge in [-0.15, -0.1) is 0 Å². The first-order chi connectivity index (χ1) is 5.20. The molecule has 1 N–H and O–H groups in total. The molecule has 0 aliphatic carbocycles. The van der Waals surface area contributed by atoms with Gasteiger partial charge in [-0.2, -0.15) is 0 Å². The number of nitrogens with zero attached hydrogens (tertiary/aromatic N) is 1. The number of carboxylic acids is 1. The fourth-order valence-corrected chi connectivity index (χ4v) is 1.53. The predicted molar refractivity (Wildman–Crippen MR) is 42.5 cm³/mol. The van der Waals surface area contributed by atoms with Gasteiger partial charge in [-0.05, 0) is 26.4 Å². The molecule has 64 valence electrons. The number of likely N-dealkylation sites (tertiary alicyclic amines) is 1. The Kier molecular flexibility index (Phi) is 2.88. The van der Waals surface area contributed by atoms with Crippen LogP contribution in [0.3, 0.4) is 0 Å². The van der Waals surface area contributed by atoms with Crippen LogP contribution in [0.15, 0.2) is 0 Å². The summed E-state index contributed by atoms with van der Waals surface area (Å²) in [4.78, 5) is 12.7. The molecule has 3 nitrogen and oxygen atoms in total. The number of carbonyl (C=O) groups is 1. The van der Waals surface area contributed by atoms with Gasteiger partial charge < -0.3 is 10.0 Å². The van der Waals surface area contributed by atoms with E-state index in [0.717, 1.165) is 32.4 Å². The van der Waals surface area contributed by atoms with E-state index in [2.05, 4.69) is 4.90 Å². The highest BCUT2D eigenvalue weighted by molar-refractivity contribution is 5.70. The van der Waals surface area contributed by atoms with E-state index in [9.17, 15) is 4.79 Å². The van der Waals surface area contributed by atoms with Crippen molar-refractivity contribution in [3.8, 4) is 0 Å². The summed E-state index contributed by atoms with van der Waals surface area (Å²) in [7, 11) is 1.99. The Labute approximate surface area is 67.0 Å². The van der Waals surface area contributed by atoms with E-state index in [1.165, 1.54) is 0 Å². The highest BCUT2D eigenvalue weighted by Crippen LogP contribution is 2.14. The maximum atomic E-state index is 10.6. The van der Waals surface area contributed by atoms with Gasteiger partial charge in [0.05, 0.1) is 5.92 Å². The fourth-order valence-electron chi connectivity index (χ4n) is 1.53. The second kappa shape index (κ2) is 3.72. The van der Waals surface area contributed by atoms with Crippen molar-refractivity contribution in [3.05, 3.63) is 0 Å². The third kappa shape index (κ3) is 2.50. The van der Waals surface area contributed by atoms with Crippen LogP contribution in [0, 0.1) is 5.92 Å². The molecule has 1 aliphatic rings. The van der Waals surface area contributed by atoms with E-state index in [4.69, 9.17) is 5.11 Å². The Morgan fingerprint density at radius 2 is 2.27 bits per heavy atom. The zero-order valence-corrected chi connectivity index (χ0v) is 6.92. The number of carboxylic acid groups (broad SMARTS) is 1. The molecule has 3 heteroatoms. The molecule has 0 saturated carbocycles. The lowest BCUT2D eigenvalue weighted by molar-refractivity contribution is -0.142. The van der Waals surface area contributed by atoms with Crippen LogP contribution in [0.1, 0.15) is 19.3 Å². The summed E-state index contributed by atoms with van der Waals surface area (Å²) >= 11 is 0. The van der Waals surface area contributed by atoms with Crippen LogP contribution in [-0.2, 0) is 4.79 Å². The van der Waals surface area contributed by atoms with Gasteiger partial charge in [0.2, 0.25) is 0 Å². The molecule has 0 aromatic heterocycles. The quantitative estimate of drug-likeness (QED) is 0.612. The lowest BCUT2D eigenvalue weighted by Gasteiger charge is -2.15. The lowest BCUT2D eigenvalue weighted by Crippen LogP contribution is -2.28. The average molecular weight is 157 g/mol. The van der Waals surface area contributed by atoms with E-state index in [0.29, 0.717) is 0 Å². The molecule has 0 amide bonds. The van der Waals surface area contributed by atoms with Crippen molar-refractivity contribution < 1.29 is 9.90 Å². The van der Waals surface area contributed by atoms with Crippen LogP contribution in [-0.4, -0.2) is 36.1 Å². The van der Waals surface area contributed by atoms with Crippen LogP contribution >= 0.6 is 0 Å². The SMILES string of the molecule is CN1CCCCC(C(=O)O)C1. The molecule has 1 unspecified atom stereocenters. The molecule has 1 aliphatic heterocycles. The summed E-state index contributed by atoms with van der Waals surface area (Å²) in [6, 6.07) is 0. The van der Waals surface area contributed by atoms with E-state index in [1.807, 2.05) is 7.05 Å². The zero-order chi connectivity index (χ0) is 8.27. The second-order valence-corrected chi connectivity index (χ2v) is 3.29. The number of aliphatic carboxylic acids is 1. The van der Waals surface area contributed by atoms with Crippen molar-refractivity contribution in [2.75, 3.05) is 20.1 Å². The van der Waals surface area contributed by atoms with E-state index in [1.54, 1.807) is 0 Å². The van der Waals surface area contributed by atoms with Gasteiger partial charge >= 0.3 is 5.97 Å². The van der Waals surface area contributed by atoms with E-state index >= 15 is 0 Å². The standard InChI is InChI=1S/C8H15NO2/c1-9-5-3-2-4-7(6-9)8(10)11/h7H,2-6H2,1H3,(H,10,11). The molecule has 0 radical (unpaired) electrons. The minimum Gasteiger partial charge on any atom is -0.481 e. The molecule has 1 rings (SSSR count). The first kappa shape index (κ1) is 8.53. The smallest absolute Gasteiger partial charge is 0.307 e. The first-order valence-corrected chi connectivity index (χ1v) is 4.11. The van der Waals surface area contributed by atoms with Gasteiger partial charge in [0, 0.05) is 6.54 Å². The first-order valence-electron chi connectivity index (χ1n) is 4.11. The maximum absolute atomic E-state index is 10.6. The van der Waals surface area contributed by atoms with Crippen LogP contribution < -0.4 is 0 Å². The van der Waals surface area contributed by atoms with Crippen LogP contribution in [0.2, 0.25) is 0 Å². The van der Waals surface area contributed by atoms with Gasteiger partial charge in [0.15, 0.2) is 0 Å². The van der Waals surface area contributed by atoms with E-state index in [-0.39, 0.29) is 5.92 Å². The van der Waals surface area contributed by atoms with Crippen molar-refractivity contribution in [2.24, 2.45) is 5.92 Å². The summed E-state index contributed by atoms with van der Waals surface area (Å²) < 4.78 is 0. The Bertz CT molecular complexity index is 147. The van der Waals surface area contributed by atoms with Gasteiger partial charge in [0.1, 0.15) is 0 Å². The van der Waals surface area contributed by atoms with Crippen molar-refractivity contribution in [1.29, 1.82) is 0 Å². The molecule has 1 fully saturated rings. The second-order valence-electron chi connectivity index (χ2n) is 3.29. The van der Waals surface area contributed by atoms with Gasteiger partial charge in [0.25, 0.3) is 0 Å². The summed E-state index contributed by atoms with van der Waals surface area (Å²) in [6.07, 6.45) is 3.04. The van der Waals surface area contributed by atoms with Crippen LogP contribution in [0.25, 0.3) is 0 Å². The fraction of sp³-hybridized carbons (Fsp3) is 0.875. The van der Waals surface area contributed by atoms with Crippen molar-refractivity contribution in [2.45, 2.75) is 19.3 Å². The van der Waals surface area contributed by atoms with Gasteiger partial charge in [-0.25, -0.2) is 0 Å². The number of hydrogen-bond acceptors (Lipinski definition) is 2. The minimum absolute atomic E-state index is 0.137. The molecular weight excluding hydrogens is 142 g/mol. The topological polar surface area (TPSA) is 40.5 Å². The Balaban J connectivity index is 2.45. The lowest BCUT2D eigenvalue weighted by atomic mass is 10.0. The maximum Gasteiger partial charge on any atom is 0.307 e. The molecule has 1 saturated heterocycles. The Morgan fingerprint density at radius 3 is 2.91 bits per heavy atom. The molecular formula is C8H15NO2. The van der Waals surface area contributed by atoms with E-state index < -0.39 is 5.97 Å². The molecule has 1 atom stereocenters. The van der Waals surface area contributed by atoms with Crippen LogP contribution in [0.4, 0.5) is 0 Å². The Morgan fingerprint density at radius 1 is 1.55 bits per heavy atom. The van der Waals surface area contributed by atoms with Crippen molar-refractivity contribution in [3.63, 3.8) is 0 Å². The highest BCUT2D eigenvalue weighted by atomic mass is 16.4. The Hall–Kier alpha value is -0.570. The van der Waals surface area contributed by atoms with Crippen molar-refractivity contribution in [1.82, 2.24) is 4.90 Å². The minimum atomic E-state index is -0.640. The largest absolute Gasteiger partial charge is 0.481 e. The monoisotopic (exact) mass is 157 g/mol. The van der Waals surface area contributed by atoms with Gasteiger partial charge in [-0.3, -0.25) is 4.79 Å². The normalized spacial score (nSPS) is 27.9. The van der Waals surface area contributed by atoms with Gasteiger partial charge in [-0.1, -0.05) is 6.42 Å². The summed E-state index contributed by atoms with van der Waals surface area (Å²) in [6.45, 7) is 1.76. The molecule has 0 aromatic carbocycles. The van der Waals surface area contributed by atoms with Crippen LogP contribution in [0.5, 0.6) is 0 Å². The molecule has 0 aromatic rings. The summed E-state index contributed by atoms with van der Waals surface area (Å²) in [5.41, 5.74) is 0. The summed E-state index contributed by atoms with van der Waals surface area (Å²) in [5.74, 6) is -0.777. The zero-order valence-electron chi connectivity index (χ0n) is 6.92. The highest BCUT2D eigenvalue weighted by Gasteiger charge is 2.21. The van der Waals surface area contributed by atoms with Crippen molar-refractivity contribution >= 4 is 5.97 Å². The third-order valence-electron chi connectivity index (χ3n) is 2.22. The molecule has 0 spiro atoms. The molecule has 11 heavy (non-hydrogen) atoms. The third-order valence-corrected chi connectivity index (χ3v) is 2.22. The number of hydrogen-bond donors (Lipinski definition) is 1. The average Bonchev–Trinajstić information content (AvgIpc) is 2.13. The summed E-state index contributed by atoms with van der Waals surface area (Å²) in [5, 5.41) is 8.75. The molecule has 0 bridgehead atoms. The predicted octanol–water partition coefficient (Wildman–Crippen LogP) is 0.803. The molecule has 1 heterocycles. The number of rotatable bonds is 1.